The molecule has 164 valence electrons. The Hall–Kier alpha value is -1.80. The maximum Gasteiger partial charge on any atom is 0.244 e. The third-order valence-electron chi connectivity index (χ3n) is 6.12. The lowest BCUT2D eigenvalue weighted by Gasteiger charge is -2.20. The smallest absolute Gasteiger partial charge is 0.244 e. The Kier molecular flexibility index (Phi) is 8.16. The highest BCUT2D eigenvalue weighted by atomic mass is 35.5. The van der Waals surface area contributed by atoms with Gasteiger partial charge in [-0.2, -0.15) is 0 Å². The molecule has 1 aliphatic rings. The van der Waals surface area contributed by atoms with Crippen LogP contribution in [0.4, 0.5) is 11.4 Å². The van der Waals surface area contributed by atoms with Crippen molar-refractivity contribution in [3.8, 4) is 0 Å². The Balaban J connectivity index is 0.00000320. The van der Waals surface area contributed by atoms with Gasteiger partial charge in [-0.3, -0.25) is 0 Å². The van der Waals surface area contributed by atoms with Gasteiger partial charge in [0.25, 0.3) is 0 Å². The van der Waals surface area contributed by atoms with Crippen molar-refractivity contribution in [2.75, 3.05) is 18.0 Å². The molecule has 0 radical (unpaired) electrons. The third kappa shape index (κ3) is 4.75. The molecule has 2 nitrogen and oxygen atoms in total. The number of halogens is 1. The third-order valence-corrected chi connectivity index (χ3v) is 6.12. The molecule has 1 heterocycles. The van der Waals surface area contributed by atoms with E-state index in [4.69, 9.17) is 0 Å². The fourth-order valence-electron chi connectivity index (χ4n) is 4.53. The summed E-state index contributed by atoms with van der Waals surface area (Å²) >= 11 is 0. The van der Waals surface area contributed by atoms with Gasteiger partial charge in [-0.05, 0) is 23.7 Å². The molecule has 3 heteroatoms. The van der Waals surface area contributed by atoms with Crippen LogP contribution in [0.3, 0.4) is 0 Å². The summed E-state index contributed by atoms with van der Waals surface area (Å²) in [6.07, 6.45) is 2.38. The summed E-state index contributed by atoms with van der Waals surface area (Å²) in [6.45, 7) is 20.5. The highest BCUT2D eigenvalue weighted by Crippen LogP contribution is 2.38. The second-order valence-electron chi connectivity index (χ2n) is 9.69. The Bertz CT molecular complexity index is 841. The van der Waals surface area contributed by atoms with Crippen LogP contribution in [0, 0.1) is 0 Å². The van der Waals surface area contributed by atoms with E-state index < -0.39 is 0 Å². The van der Waals surface area contributed by atoms with Crippen LogP contribution < -0.4 is 17.3 Å². The molecule has 30 heavy (non-hydrogen) atoms. The van der Waals surface area contributed by atoms with E-state index in [2.05, 4.69) is 108 Å². The molecule has 2 aromatic carbocycles. The van der Waals surface area contributed by atoms with E-state index in [0.29, 0.717) is 23.7 Å². The molecule has 0 saturated heterocycles. The molecule has 2 aromatic rings. The van der Waals surface area contributed by atoms with Gasteiger partial charge in [0.1, 0.15) is 24.5 Å². The van der Waals surface area contributed by atoms with Crippen molar-refractivity contribution in [3.63, 3.8) is 0 Å². The fraction of sp³-hybridized carbons (Fsp3) is 0.519. The number of benzene rings is 2. The predicted octanol–water partition coefficient (Wildman–Crippen LogP) is 4.38. The minimum atomic E-state index is 0. The van der Waals surface area contributed by atoms with Crippen molar-refractivity contribution in [2.45, 2.75) is 79.1 Å². The number of anilines is 1. The maximum atomic E-state index is 2.51. The fourth-order valence-corrected chi connectivity index (χ4v) is 4.53. The van der Waals surface area contributed by atoms with Crippen molar-refractivity contribution in [1.82, 2.24) is 0 Å². The highest BCUT2D eigenvalue weighted by molar-refractivity contribution is 5.82. The first-order valence-electron chi connectivity index (χ1n) is 11.4. The monoisotopic (exact) mass is 426 g/mol. The number of hydrogen-bond acceptors (Lipinski definition) is 1. The summed E-state index contributed by atoms with van der Waals surface area (Å²) < 4.78 is 2.51. The summed E-state index contributed by atoms with van der Waals surface area (Å²) in [5.74, 6) is 2.06. The number of hydrogen-bond donors (Lipinski definition) is 0. The van der Waals surface area contributed by atoms with Gasteiger partial charge in [0.05, 0.1) is 0 Å². The molecule has 0 atom stereocenters. The van der Waals surface area contributed by atoms with E-state index >= 15 is 0 Å². The quantitative estimate of drug-likeness (QED) is 0.621. The van der Waals surface area contributed by atoms with Crippen LogP contribution in [0.15, 0.2) is 36.4 Å². The Morgan fingerprint density at radius 1 is 0.667 bits per heavy atom. The van der Waals surface area contributed by atoms with Crippen molar-refractivity contribution in [1.29, 1.82) is 0 Å². The van der Waals surface area contributed by atoms with Crippen LogP contribution in [-0.2, 0) is 0 Å². The zero-order valence-electron chi connectivity index (χ0n) is 20.0. The Labute approximate surface area is 190 Å². The van der Waals surface area contributed by atoms with Gasteiger partial charge < -0.3 is 12.4 Å². The van der Waals surface area contributed by atoms with Gasteiger partial charge in [0.15, 0.2) is 0 Å². The van der Waals surface area contributed by atoms with E-state index in [9.17, 15) is 0 Å². The predicted molar refractivity (Wildman–Crippen MR) is 127 cm³/mol. The maximum absolute atomic E-state index is 2.51. The van der Waals surface area contributed by atoms with Crippen molar-refractivity contribution >= 4 is 17.7 Å². The average molecular weight is 427 g/mol. The van der Waals surface area contributed by atoms with Gasteiger partial charge in [0, 0.05) is 22.3 Å². The largest absolute Gasteiger partial charge is 1.00 e. The normalized spacial score (nSPS) is 14.1. The van der Waals surface area contributed by atoms with Gasteiger partial charge in [0.2, 0.25) is 6.34 Å². The lowest BCUT2D eigenvalue weighted by atomic mass is 9.92. The summed E-state index contributed by atoms with van der Waals surface area (Å²) in [4.78, 5) is 2.51. The van der Waals surface area contributed by atoms with Gasteiger partial charge in [-0.1, -0.05) is 91.8 Å². The zero-order valence-corrected chi connectivity index (χ0v) is 20.8. The molecule has 0 saturated carbocycles. The molecule has 0 aliphatic carbocycles. The average Bonchev–Trinajstić information content (AvgIpc) is 3.15. The SMILES string of the molecule is CC(C)c1cccc(C(C)C)c1N1C=[N+](c2c(C(C)C)cccc2C(C)C)CC1.[Cl-]. The lowest BCUT2D eigenvalue weighted by Crippen LogP contribution is -3.00. The summed E-state index contributed by atoms with van der Waals surface area (Å²) in [6, 6.07) is 13.7. The number of para-hydroxylation sites is 2. The van der Waals surface area contributed by atoms with Crippen LogP contribution >= 0.6 is 0 Å². The topological polar surface area (TPSA) is 6.25 Å². The second kappa shape index (κ2) is 10.0. The Morgan fingerprint density at radius 2 is 1.07 bits per heavy atom. The molecule has 0 spiro atoms. The Morgan fingerprint density at radius 3 is 1.47 bits per heavy atom. The van der Waals surface area contributed by atoms with Crippen LogP contribution in [0.1, 0.15) is 101 Å². The van der Waals surface area contributed by atoms with Gasteiger partial charge in [-0.15, -0.1) is 0 Å². The van der Waals surface area contributed by atoms with E-state index in [0.717, 1.165) is 13.1 Å². The summed E-state index contributed by atoms with van der Waals surface area (Å²) in [5, 5.41) is 0. The molecule has 1 aliphatic heterocycles. The van der Waals surface area contributed by atoms with Crippen LogP contribution in [0.5, 0.6) is 0 Å². The molecular weight excluding hydrogens is 388 g/mol. The van der Waals surface area contributed by atoms with E-state index in [-0.39, 0.29) is 12.4 Å². The number of rotatable bonds is 6. The summed E-state index contributed by atoms with van der Waals surface area (Å²) in [5.41, 5.74) is 8.67. The standard InChI is InChI=1S/C27H39N2.ClH/c1-18(2)22-11-9-12-23(19(3)4)26(22)28-15-16-29(17-28)27-24(20(5)6)13-10-14-25(27)21(7)8;/h9-14,17-21H,15-16H2,1-8H3;1H/q+1;/p-1. The molecule has 0 aromatic heterocycles. The first-order chi connectivity index (χ1) is 13.7. The minimum Gasteiger partial charge on any atom is -1.00 e. The second-order valence-corrected chi connectivity index (χ2v) is 9.69. The lowest BCUT2D eigenvalue weighted by molar-refractivity contribution is -0.425. The molecular formula is C27H39ClN2. The molecule has 0 unspecified atom stereocenters. The zero-order chi connectivity index (χ0) is 21.3. The molecule has 0 amide bonds. The molecule has 0 N–H and O–H groups in total. The number of nitrogens with zero attached hydrogens (tertiary/aromatic N) is 2. The van der Waals surface area contributed by atoms with Crippen LogP contribution in [-0.4, -0.2) is 24.0 Å². The summed E-state index contributed by atoms with van der Waals surface area (Å²) in [7, 11) is 0. The first-order valence-corrected chi connectivity index (χ1v) is 11.4. The van der Waals surface area contributed by atoms with Gasteiger partial charge >= 0.3 is 0 Å². The first kappa shape index (κ1) is 24.5. The van der Waals surface area contributed by atoms with E-state index in [1.807, 2.05) is 0 Å². The van der Waals surface area contributed by atoms with Crippen LogP contribution in [0.25, 0.3) is 0 Å². The van der Waals surface area contributed by atoms with E-state index in [1.54, 1.807) is 0 Å². The van der Waals surface area contributed by atoms with Crippen LogP contribution in [0.2, 0.25) is 0 Å². The van der Waals surface area contributed by atoms with Crippen molar-refractivity contribution in [2.24, 2.45) is 0 Å². The molecule has 0 bridgehead atoms. The minimum absolute atomic E-state index is 0. The van der Waals surface area contributed by atoms with Crippen molar-refractivity contribution < 1.29 is 17.0 Å². The van der Waals surface area contributed by atoms with E-state index in [1.165, 1.54) is 33.6 Å². The van der Waals surface area contributed by atoms with Gasteiger partial charge in [-0.25, -0.2) is 9.48 Å². The molecule has 3 rings (SSSR count). The van der Waals surface area contributed by atoms with Crippen molar-refractivity contribution in [3.05, 3.63) is 58.7 Å². The highest BCUT2D eigenvalue weighted by Gasteiger charge is 2.31. The molecule has 0 fully saturated rings.